The lowest BCUT2D eigenvalue weighted by atomic mass is 9.80. The zero-order valence-corrected chi connectivity index (χ0v) is 18.2. The van der Waals surface area contributed by atoms with Gasteiger partial charge in [-0.05, 0) is 36.3 Å². The molecule has 1 spiro atoms. The Kier molecular flexibility index (Phi) is 4.72. The third-order valence-corrected chi connectivity index (χ3v) is 6.32. The molecule has 2 aliphatic rings. The Hall–Kier alpha value is -3.70. The molecule has 0 aliphatic carbocycles. The minimum atomic E-state index is -1.46. The number of para-hydroxylation sites is 1. The normalized spacial score (nSPS) is 19.6. The van der Waals surface area contributed by atoms with E-state index in [0.29, 0.717) is 16.7 Å². The Bertz CT molecular complexity index is 1260. The van der Waals surface area contributed by atoms with Crippen molar-refractivity contribution < 1.29 is 19.1 Å². The number of carbonyl (C=O) groups is 2. The number of carbonyl (C=O) groups excluding carboxylic acids is 2. The van der Waals surface area contributed by atoms with Crippen molar-refractivity contribution in [2.75, 3.05) is 25.7 Å². The van der Waals surface area contributed by atoms with Crippen LogP contribution in [-0.4, -0.2) is 32.5 Å². The summed E-state index contributed by atoms with van der Waals surface area (Å²) in [5, 5.41) is 0. The van der Waals surface area contributed by atoms with Crippen molar-refractivity contribution in [2.45, 2.75) is 12.5 Å². The van der Waals surface area contributed by atoms with Gasteiger partial charge in [0.25, 0.3) is 5.91 Å². The van der Waals surface area contributed by atoms with Crippen LogP contribution in [-0.2, 0) is 15.1 Å². The average Bonchev–Trinajstić information content (AvgIpc) is 3.33. The highest BCUT2D eigenvalue weighted by Gasteiger charge is 2.59. The number of amides is 1. The predicted molar refractivity (Wildman–Crippen MR) is 123 cm³/mol. The van der Waals surface area contributed by atoms with E-state index in [4.69, 9.17) is 9.47 Å². The molecular formula is C27H23NO4. The van der Waals surface area contributed by atoms with Gasteiger partial charge in [-0.1, -0.05) is 60.2 Å². The lowest BCUT2D eigenvalue weighted by Crippen LogP contribution is -2.42. The van der Waals surface area contributed by atoms with E-state index in [1.807, 2.05) is 67.6 Å². The van der Waals surface area contributed by atoms with Crippen molar-refractivity contribution in [3.05, 3.63) is 101 Å². The van der Waals surface area contributed by atoms with Gasteiger partial charge in [-0.3, -0.25) is 9.59 Å². The van der Waals surface area contributed by atoms with Gasteiger partial charge in [0.1, 0.15) is 5.75 Å². The van der Waals surface area contributed by atoms with E-state index in [1.165, 1.54) is 0 Å². The van der Waals surface area contributed by atoms with Crippen LogP contribution >= 0.6 is 0 Å². The summed E-state index contributed by atoms with van der Waals surface area (Å²) in [7, 11) is 3.33. The molecule has 1 amide bonds. The molecule has 0 saturated heterocycles. The van der Waals surface area contributed by atoms with Gasteiger partial charge in [-0.25, -0.2) is 0 Å². The molecule has 0 aromatic heterocycles. The number of likely N-dealkylation sites (N-methyl/N-ethyl adjacent to an activating group) is 1. The van der Waals surface area contributed by atoms with Crippen molar-refractivity contribution >= 4 is 23.0 Å². The van der Waals surface area contributed by atoms with Crippen LogP contribution < -0.4 is 9.64 Å². The SMILES string of the molecule is COc1ccc(C2=C(C(=O)c3ccc(C)cc3)C3(OC2)C(=O)N(C)c2ccccc23)cc1. The number of anilines is 1. The molecule has 32 heavy (non-hydrogen) atoms. The van der Waals surface area contributed by atoms with Crippen molar-refractivity contribution in [2.24, 2.45) is 0 Å². The van der Waals surface area contributed by atoms with Crippen LogP contribution in [0, 0.1) is 6.92 Å². The molecular weight excluding hydrogens is 402 g/mol. The second kappa shape index (κ2) is 7.46. The monoisotopic (exact) mass is 425 g/mol. The predicted octanol–water partition coefficient (Wildman–Crippen LogP) is 4.54. The van der Waals surface area contributed by atoms with Gasteiger partial charge in [0.15, 0.2) is 5.78 Å². The molecule has 3 aromatic carbocycles. The summed E-state index contributed by atoms with van der Waals surface area (Å²) in [6.07, 6.45) is 0. The van der Waals surface area contributed by atoms with Gasteiger partial charge in [0.2, 0.25) is 5.60 Å². The van der Waals surface area contributed by atoms with Crippen LogP contribution in [0.1, 0.15) is 27.0 Å². The number of Topliss-reactive ketones (excluding diaryl/α,β-unsaturated/α-hetero) is 1. The molecule has 2 aliphatic heterocycles. The first-order valence-electron chi connectivity index (χ1n) is 10.5. The highest BCUT2D eigenvalue weighted by atomic mass is 16.5. The Morgan fingerprint density at radius 3 is 2.38 bits per heavy atom. The number of hydrogen-bond donors (Lipinski definition) is 0. The van der Waals surface area contributed by atoms with Gasteiger partial charge in [0, 0.05) is 18.2 Å². The number of nitrogens with zero attached hydrogens (tertiary/aromatic N) is 1. The van der Waals surface area contributed by atoms with Crippen molar-refractivity contribution in [3.8, 4) is 5.75 Å². The fourth-order valence-corrected chi connectivity index (χ4v) is 4.61. The molecule has 1 atom stereocenters. The minimum absolute atomic E-state index is 0.160. The summed E-state index contributed by atoms with van der Waals surface area (Å²) >= 11 is 0. The number of ether oxygens (including phenoxy) is 2. The first-order valence-corrected chi connectivity index (χ1v) is 10.5. The molecule has 0 N–H and O–H groups in total. The zero-order valence-electron chi connectivity index (χ0n) is 18.2. The number of methoxy groups -OCH3 is 1. The van der Waals surface area contributed by atoms with Gasteiger partial charge >= 0.3 is 0 Å². The summed E-state index contributed by atoms with van der Waals surface area (Å²) in [5.74, 6) is 0.265. The van der Waals surface area contributed by atoms with E-state index in [2.05, 4.69) is 0 Å². The van der Waals surface area contributed by atoms with Crippen LogP contribution in [0.25, 0.3) is 5.57 Å². The van der Waals surface area contributed by atoms with Crippen molar-refractivity contribution in [1.82, 2.24) is 0 Å². The number of ketones is 1. The maximum Gasteiger partial charge on any atom is 0.268 e. The lowest BCUT2D eigenvalue weighted by Gasteiger charge is -2.25. The second-order valence-electron chi connectivity index (χ2n) is 8.13. The topological polar surface area (TPSA) is 55.8 Å². The quantitative estimate of drug-likeness (QED) is 0.576. The smallest absolute Gasteiger partial charge is 0.268 e. The first kappa shape index (κ1) is 20.2. The maximum atomic E-state index is 14.0. The maximum absolute atomic E-state index is 14.0. The number of fused-ring (bicyclic) bond motifs is 2. The number of hydrogen-bond acceptors (Lipinski definition) is 4. The Labute approximate surface area is 186 Å². The highest BCUT2D eigenvalue weighted by Crippen LogP contribution is 2.53. The van der Waals surface area contributed by atoms with Gasteiger partial charge in [0.05, 0.1) is 25.0 Å². The second-order valence-corrected chi connectivity index (χ2v) is 8.13. The molecule has 5 heteroatoms. The van der Waals surface area contributed by atoms with Crippen molar-refractivity contribution in [3.63, 3.8) is 0 Å². The molecule has 0 fully saturated rings. The summed E-state index contributed by atoms with van der Waals surface area (Å²) in [4.78, 5) is 29.2. The van der Waals surface area contributed by atoms with Crippen LogP contribution in [0.15, 0.2) is 78.4 Å². The molecule has 2 heterocycles. The van der Waals surface area contributed by atoms with E-state index in [0.717, 1.165) is 28.1 Å². The van der Waals surface area contributed by atoms with Crippen LogP contribution in [0.2, 0.25) is 0 Å². The molecule has 0 radical (unpaired) electrons. The summed E-state index contributed by atoms with van der Waals surface area (Å²) in [6, 6.07) is 22.4. The largest absolute Gasteiger partial charge is 0.497 e. The van der Waals surface area contributed by atoms with Crippen molar-refractivity contribution in [1.29, 1.82) is 0 Å². The van der Waals surface area contributed by atoms with Gasteiger partial charge < -0.3 is 14.4 Å². The van der Waals surface area contributed by atoms with Crippen LogP contribution in [0.4, 0.5) is 5.69 Å². The first-order chi connectivity index (χ1) is 15.5. The highest BCUT2D eigenvalue weighted by molar-refractivity contribution is 6.23. The van der Waals surface area contributed by atoms with E-state index >= 15 is 0 Å². The fourth-order valence-electron chi connectivity index (χ4n) is 4.61. The third kappa shape index (κ3) is 2.82. The molecule has 0 bridgehead atoms. The molecule has 5 nitrogen and oxygen atoms in total. The molecule has 5 rings (SSSR count). The third-order valence-electron chi connectivity index (χ3n) is 6.32. The molecule has 0 saturated carbocycles. The summed E-state index contributed by atoms with van der Waals surface area (Å²) in [6.45, 7) is 2.13. The van der Waals surface area contributed by atoms with E-state index in [1.54, 1.807) is 31.2 Å². The molecule has 160 valence electrons. The van der Waals surface area contributed by atoms with E-state index in [-0.39, 0.29) is 18.3 Å². The minimum Gasteiger partial charge on any atom is -0.497 e. The van der Waals surface area contributed by atoms with Gasteiger partial charge in [-0.15, -0.1) is 0 Å². The Morgan fingerprint density at radius 1 is 1.00 bits per heavy atom. The summed E-state index contributed by atoms with van der Waals surface area (Å²) < 4.78 is 11.6. The number of rotatable bonds is 4. The number of aryl methyl sites for hydroxylation is 1. The summed E-state index contributed by atoms with van der Waals surface area (Å²) in [5.41, 5.74) is 3.52. The lowest BCUT2D eigenvalue weighted by molar-refractivity contribution is -0.134. The fraction of sp³-hybridized carbons (Fsp3) is 0.185. The van der Waals surface area contributed by atoms with Gasteiger partial charge in [-0.2, -0.15) is 0 Å². The molecule has 3 aromatic rings. The number of benzene rings is 3. The standard InChI is InChI=1S/C27H23NO4/c1-17-8-10-19(11-9-17)25(29)24-21(18-12-14-20(31-3)15-13-18)16-32-27(24)22-6-4-5-7-23(22)28(2)26(27)30/h4-15H,16H2,1-3H3. The van der Waals surface area contributed by atoms with Crippen LogP contribution in [0.5, 0.6) is 5.75 Å². The van der Waals surface area contributed by atoms with Crippen LogP contribution in [0.3, 0.4) is 0 Å². The average molecular weight is 425 g/mol. The molecule has 1 unspecified atom stereocenters. The Morgan fingerprint density at radius 2 is 1.69 bits per heavy atom. The zero-order chi connectivity index (χ0) is 22.5. The van der Waals surface area contributed by atoms with E-state index < -0.39 is 5.60 Å². The van der Waals surface area contributed by atoms with E-state index in [9.17, 15) is 9.59 Å². The Balaban J connectivity index is 1.76.